The Morgan fingerprint density at radius 3 is 2.18 bits per heavy atom. The number of aliphatic hydroxyl groups excluding tert-OH is 1. The number of phenolic OH excluding ortho intramolecular Hbond substituents is 1. The van der Waals surface area contributed by atoms with Crippen molar-refractivity contribution in [3.8, 4) is 5.75 Å². The van der Waals surface area contributed by atoms with Crippen molar-refractivity contribution in [2.24, 2.45) is 0 Å². The summed E-state index contributed by atoms with van der Waals surface area (Å²) in [6, 6.07) is 14.9. The Kier molecular flexibility index (Phi) is 8.34. The molecule has 0 radical (unpaired) electrons. The summed E-state index contributed by atoms with van der Waals surface area (Å²) < 4.78 is 5.47. The van der Waals surface area contributed by atoms with E-state index >= 15 is 0 Å². The summed E-state index contributed by atoms with van der Waals surface area (Å²) in [5.41, 5.74) is 3.86. The maximum absolute atomic E-state index is 11.7. The van der Waals surface area contributed by atoms with Gasteiger partial charge in [0.1, 0.15) is 12.4 Å². The first-order chi connectivity index (χ1) is 16.4. The maximum Gasteiger partial charge on any atom is 0.191 e. The third kappa shape index (κ3) is 6.23. The van der Waals surface area contributed by atoms with Crippen molar-refractivity contribution in [3.63, 3.8) is 0 Å². The first-order valence-electron chi connectivity index (χ1n) is 12.2. The molecule has 2 aromatic carbocycles. The van der Waals surface area contributed by atoms with E-state index in [2.05, 4.69) is 52.8 Å². The third-order valence-electron chi connectivity index (χ3n) is 6.96. The van der Waals surface area contributed by atoms with E-state index in [1.165, 1.54) is 11.1 Å². The lowest BCUT2D eigenvalue weighted by molar-refractivity contribution is 0.0287. The number of carbonyl (C=O) groups excluding carboxylic acids is 1. The molecule has 2 atom stereocenters. The first kappa shape index (κ1) is 24.8. The van der Waals surface area contributed by atoms with Gasteiger partial charge in [0, 0.05) is 57.9 Å². The number of aliphatic hydroxyl groups is 1. The molecular formula is C27H37N3O4. The second-order valence-electron chi connectivity index (χ2n) is 9.71. The number of aromatic hydroxyl groups is 1. The molecule has 0 spiro atoms. The number of rotatable bonds is 8. The molecule has 0 bridgehead atoms. The predicted molar refractivity (Wildman–Crippen MR) is 132 cm³/mol. The monoisotopic (exact) mass is 467 g/mol. The molecule has 0 amide bonds. The van der Waals surface area contributed by atoms with Crippen molar-refractivity contribution in [3.05, 3.63) is 64.7 Å². The van der Waals surface area contributed by atoms with E-state index in [1.807, 2.05) is 6.07 Å². The molecule has 0 saturated carbocycles. The van der Waals surface area contributed by atoms with Crippen molar-refractivity contribution < 1.29 is 19.7 Å². The number of benzene rings is 2. The molecule has 0 aliphatic carbocycles. The van der Waals surface area contributed by atoms with E-state index in [9.17, 15) is 9.90 Å². The lowest BCUT2D eigenvalue weighted by atomic mass is 10.0. The van der Waals surface area contributed by atoms with Gasteiger partial charge in [0.2, 0.25) is 0 Å². The second-order valence-corrected chi connectivity index (χ2v) is 9.71. The van der Waals surface area contributed by atoms with E-state index in [0.717, 1.165) is 64.6 Å². The van der Waals surface area contributed by atoms with Crippen LogP contribution in [0.15, 0.2) is 42.5 Å². The van der Waals surface area contributed by atoms with Gasteiger partial charge in [0.05, 0.1) is 18.8 Å². The van der Waals surface area contributed by atoms with Gasteiger partial charge in [0.15, 0.2) is 5.78 Å². The molecule has 2 N–H and O–H groups in total. The number of Topliss-reactive ketones (excluding diaryl/α,β-unsaturated/α-hetero) is 1. The predicted octanol–water partition coefficient (Wildman–Crippen LogP) is 2.49. The summed E-state index contributed by atoms with van der Waals surface area (Å²) in [6.45, 7) is 12.1. The molecule has 2 saturated heterocycles. The molecule has 7 nitrogen and oxygen atoms in total. The fourth-order valence-corrected chi connectivity index (χ4v) is 5.22. The van der Waals surface area contributed by atoms with Gasteiger partial charge in [-0.2, -0.15) is 0 Å². The highest BCUT2D eigenvalue weighted by Gasteiger charge is 2.29. The molecule has 184 valence electrons. The lowest BCUT2D eigenvalue weighted by Crippen LogP contribution is -2.55. The van der Waals surface area contributed by atoms with Crippen molar-refractivity contribution in [1.29, 1.82) is 0 Å². The van der Waals surface area contributed by atoms with Crippen molar-refractivity contribution in [2.45, 2.75) is 45.6 Å². The van der Waals surface area contributed by atoms with Gasteiger partial charge in [0.25, 0.3) is 0 Å². The van der Waals surface area contributed by atoms with Gasteiger partial charge < -0.3 is 14.9 Å². The van der Waals surface area contributed by atoms with Crippen LogP contribution < -0.4 is 0 Å². The standard InChI is InChI=1S/C27H37N3O4/c1-20-14-29(17-24-6-7-25(26(32)13-24)27(33)19-31)15-21(2)30(20)18-23-5-3-4-22(12-23)16-28-8-10-34-11-9-28/h3-7,12-13,20-21,31-32H,8-11,14-19H2,1-2H3/t20-,21+. The number of hydrogen-bond acceptors (Lipinski definition) is 7. The molecule has 7 heteroatoms. The van der Waals surface area contributed by atoms with Crippen LogP contribution in [0.25, 0.3) is 0 Å². The highest BCUT2D eigenvalue weighted by molar-refractivity contribution is 5.99. The lowest BCUT2D eigenvalue weighted by Gasteiger charge is -2.44. The van der Waals surface area contributed by atoms with Gasteiger partial charge in [-0.3, -0.25) is 19.5 Å². The van der Waals surface area contributed by atoms with E-state index in [4.69, 9.17) is 9.84 Å². The van der Waals surface area contributed by atoms with Crippen LogP contribution in [0.3, 0.4) is 0 Å². The average molecular weight is 468 g/mol. The highest BCUT2D eigenvalue weighted by atomic mass is 16.5. The zero-order valence-electron chi connectivity index (χ0n) is 20.3. The fraction of sp³-hybridized carbons (Fsp3) is 0.519. The van der Waals surface area contributed by atoms with Crippen molar-refractivity contribution in [2.75, 3.05) is 46.0 Å². The quantitative estimate of drug-likeness (QED) is 0.578. The third-order valence-corrected chi connectivity index (χ3v) is 6.96. The number of piperazine rings is 1. The molecule has 34 heavy (non-hydrogen) atoms. The van der Waals surface area contributed by atoms with E-state index in [1.54, 1.807) is 12.1 Å². The Hall–Kier alpha value is -2.29. The molecular weight excluding hydrogens is 430 g/mol. The molecule has 4 rings (SSSR count). The number of nitrogens with zero attached hydrogens (tertiary/aromatic N) is 3. The van der Waals surface area contributed by atoms with Crippen LogP contribution in [0.4, 0.5) is 0 Å². The second kappa shape index (κ2) is 11.4. The molecule has 2 aromatic rings. The van der Waals surface area contributed by atoms with Crippen LogP contribution in [0, 0.1) is 0 Å². The Bertz CT molecular complexity index is 964. The van der Waals surface area contributed by atoms with Gasteiger partial charge in [-0.1, -0.05) is 30.3 Å². The Morgan fingerprint density at radius 2 is 1.53 bits per heavy atom. The Morgan fingerprint density at radius 1 is 0.912 bits per heavy atom. The van der Waals surface area contributed by atoms with Crippen LogP contribution in [0.5, 0.6) is 5.75 Å². The number of ketones is 1. The summed E-state index contributed by atoms with van der Waals surface area (Å²) >= 11 is 0. The topological polar surface area (TPSA) is 76.5 Å². The summed E-state index contributed by atoms with van der Waals surface area (Å²) in [5, 5.41) is 19.2. The largest absolute Gasteiger partial charge is 0.507 e. The van der Waals surface area contributed by atoms with Gasteiger partial charge in [-0.15, -0.1) is 0 Å². The molecule has 2 aliphatic heterocycles. The molecule has 2 heterocycles. The minimum atomic E-state index is -0.597. The zero-order chi connectivity index (χ0) is 24.1. The van der Waals surface area contributed by atoms with Crippen LogP contribution in [0.1, 0.15) is 40.9 Å². The van der Waals surface area contributed by atoms with Gasteiger partial charge >= 0.3 is 0 Å². The molecule has 2 fully saturated rings. The maximum atomic E-state index is 11.7. The molecule has 0 unspecified atom stereocenters. The Balaban J connectivity index is 1.35. The number of carbonyl (C=O) groups is 1. The summed E-state index contributed by atoms with van der Waals surface area (Å²) in [5.74, 6) is -0.526. The van der Waals surface area contributed by atoms with E-state index in [-0.39, 0.29) is 11.3 Å². The minimum absolute atomic E-state index is 0.0618. The van der Waals surface area contributed by atoms with Crippen LogP contribution in [0.2, 0.25) is 0 Å². The zero-order valence-corrected chi connectivity index (χ0v) is 20.3. The van der Waals surface area contributed by atoms with Crippen molar-refractivity contribution >= 4 is 5.78 Å². The summed E-state index contributed by atoms with van der Waals surface area (Å²) in [4.78, 5) is 19.1. The minimum Gasteiger partial charge on any atom is -0.507 e. The summed E-state index contributed by atoms with van der Waals surface area (Å²) in [7, 11) is 0. The van der Waals surface area contributed by atoms with E-state index < -0.39 is 12.4 Å². The smallest absolute Gasteiger partial charge is 0.191 e. The number of ether oxygens (including phenoxy) is 1. The van der Waals surface area contributed by atoms with Gasteiger partial charge in [-0.05, 0) is 42.7 Å². The summed E-state index contributed by atoms with van der Waals surface area (Å²) in [6.07, 6.45) is 0. The SMILES string of the molecule is C[C@@H]1CN(Cc2ccc(C(=O)CO)c(O)c2)C[C@H](C)N1Cc1cccc(CN2CCOCC2)c1. The Labute approximate surface area is 202 Å². The number of phenols is 1. The van der Waals surface area contributed by atoms with Crippen LogP contribution >= 0.6 is 0 Å². The van der Waals surface area contributed by atoms with E-state index in [0.29, 0.717) is 12.1 Å². The van der Waals surface area contributed by atoms with Crippen LogP contribution in [-0.4, -0.2) is 88.8 Å². The number of hydrogen-bond donors (Lipinski definition) is 2. The first-order valence-corrected chi connectivity index (χ1v) is 12.2. The van der Waals surface area contributed by atoms with Gasteiger partial charge in [-0.25, -0.2) is 0 Å². The molecule has 2 aliphatic rings. The molecule has 0 aromatic heterocycles. The average Bonchev–Trinajstić information content (AvgIpc) is 2.82. The van der Waals surface area contributed by atoms with Crippen molar-refractivity contribution in [1.82, 2.24) is 14.7 Å². The number of morpholine rings is 1. The normalized spacial score (nSPS) is 22.7. The fourth-order valence-electron chi connectivity index (χ4n) is 5.22. The highest BCUT2D eigenvalue weighted by Crippen LogP contribution is 2.24. The van der Waals surface area contributed by atoms with Crippen LogP contribution in [-0.2, 0) is 24.4 Å².